The topological polar surface area (TPSA) is 194 Å². The molecule has 2 atom stereocenters. The summed E-state index contributed by atoms with van der Waals surface area (Å²) in [5, 5.41) is 5.36. The van der Waals surface area contributed by atoms with Crippen molar-refractivity contribution in [2.24, 2.45) is 11.5 Å². The Balaban J connectivity index is 1.46. The number of para-hydroxylation sites is 1. The lowest BCUT2D eigenvalue weighted by Gasteiger charge is -2.41. The van der Waals surface area contributed by atoms with Crippen LogP contribution in [0.25, 0.3) is 0 Å². The second-order valence-corrected chi connectivity index (χ2v) is 14.6. The van der Waals surface area contributed by atoms with Gasteiger partial charge in [0.25, 0.3) is 0 Å². The van der Waals surface area contributed by atoms with Gasteiger partial charge in [0.2, 0.25) is 33.7 Å². The largest absolute Gasteiger partial charge is 0.374 e. The molecule has 2 heterocycles. The number of piperidine rings is 1. The van der Waals surface area contributed by atoms with E-state index in [2.05, 4.69) is 10.6 Å². The summed E-state index contributed by atoms with van der Waals surface area (Å²) in [5.41, 5.74) is 11.7. The number of hydrogen-bond acceptors (Lipinski definition) is 8. The lowest BCUT2D eigenvalue weighted by Crippen LogP contribution is -2.62. The van der Waals surface area contributed by atoms with E-state index < -0.39 is 50.8 Å². The molecule has 2 aromatic carbocycles. The summed E-state index contributed by atoms with van der Waals surface area (Å²) in [6, 6.07) is 14.8. The van der Waals surface area contributed by atoms with Gasteiger partial charge in [0.05, 0.1) is 31.2 Å². The van der Waals surface area contributed by atoms with Crippen LogP contribution in [0.2, 0.25) is 0 Å². The van der Waals surface area contributed by atoms with E-state index in [4.69, 9.17) is 16.2 Å². The standard InChI is InChI=1S/C32H44N6O7S/c1-31(2,36-28(40)24(33)13-14-27(34)39)30(42)35-25(20-45-19-22-9-5-4-6-10-22)29(41)37-17-15-32(16-18-37)21-38(46(3,43)44)26-12-8-7-11-23(26)32/h4-12,24-25H,13-21,33H2,1-3H3,(H2,34,39)(H,35,42)(H,36,40)/t24-,25+/m0/s1. The van der Waals surface area contributed by atoms with Crippen molar-refractivity contribution in [2.45, 2.75) is 69.2 Å². The Morgan fingerprint density at radius 1 is 1.02 bits per heavy atom. The van der Waals surface area contributed by atoms with Gasteiger partial charge in [-0.1, -0.05) is 48.5 Å². The third-order valence-corrected chi connectivity index (χ3v) is 9.79. The molecule has 0 saturated carbocycles. The highest BCUT2D eigenvalue weighted by molar-refractivity contribution is 7.92. The zero-order valence-electron chi connectivity index (χ0n) is 26.5. The first kappa shape index (κ1) is 34.9. The van der Waals surface area contributed by atoms with Gasteiger partial charge in [-0.05, 0) is 50.3 Å². The lowest BCUT2D eigenvalue weighted by molar-refractivity contribution is -0.141. The normalized spacial score (nSPS) is 17.2. The summed E-state index contributed by atoms with van der Waals surface area (Å²) in [6.07, 6.45) is 2.22. The average Bonchev–Trinajstić information content (AvgIpc) is 3.34. The maximum Gasteiger partial charge on any atom is 0.247 e. The number of primary amides is 1. The SMILES string of the molecule is CC(C)(NC(=O)[C@@H](N)CCC(N)=O)C(=O)N[C@H](COCc1ccccc1)C(=O)N1CCC2(CC1)CN(S(C)(=O)=O)c1ccccc12. The molecule has 250 valence electrons. The molecule has 0 aromatic heterocycles. The van der Waals surface area contributed by atoms with Gasteiger partial charge in [0.1, 0.15) is 11.6 Å². The first-order valence-electron chi connectivity index (χ1n) is 15.3. The van der Waals surface area contributed by atoms with Crippen molar-refractivity contribution >= 4 is 39.3 Å². The Labute approximate surface area is 270 Å². The van der Waals surface area contributed by atoms with Crippen molar-refractivity contribution in [1.29, 1.82) is 0 Å². The summed E-state index contributed by atoms with van der Waals surface area (Å²) < 4.78 is 32.5. The fourth-order valence-electron chi connectivity index (χ4n) is 5.95. The van der Waals surface area contributed by atoms with E-state index in [0.29, 0.717) is 38.2 Å². The second-order valence-electron chi connectivity index (χ2n) is 12.6. The summed E-state index contributed by atoms with van der Waals surface area (Å²) in [6.45, 7) is 4.09. The fraction of sp³-hybridized carbons (Fsp3) is 0.500. The number of nitrogens with one attached hydrogen (secondary N) is 2. The zero-order chi connectivity index (χ0) is 33.7. The average molecular weight is 657 g/mol. The van der Waals surface area contributed by atoms with E-state index in [1.54, 1.807) is 4.90 Å². The Kier molecular flexibility index (Phi) is 10.7. The Morgan fingerprint density at radius 3 is 2.28 bits per heavy atom. The minimum atomic E-state index is -3.49. The number of ether oxygens (including phenoxy) is 1. The molecule has 1 saturated heterocycles. The lowest BCUT2D eigenvalue weighted by atomic mass is 9.74. The second kappa shape index (κ2) is 14.2. The Hall–Kier alpha value is -4.01. The van der Waals surface area contributed by atoms with Crippen LogP contribution < -0.4 is 26.4 Å². The number of hydrogen-bond donors (Lipinski definition) is 4. The number of likely N-dealkylation sites (tertiary alicyclic amines) is 1. The number of benzene rings is 2. The minimum absolute atomic E-state index is 0.0240. The van der Waals surface area contributed by atoms with E-state index in [1.165, 1.54) is 24.4 Å². The molecule has 4 amide bonds. The summed E-state index contributed by atoms with van der Waals surface area (Å²) in [5.74, 6) is -2.19. The third-order valence-electron chi connectivity index (χ3n) is 8.66. The van der Waals surface area contributed by atoms with Gasteiger partial charge in [-0.25, -0.2) is 8.42 Å². The van der Waals surface area contributed by atoms with Crippen molar-refractivity contribution < 1.29 is 32.3 Å². The molecule has 6 N–H and O–H groups in total. The van der Waals surface area contributed by atoms with Gasteiger partial charge >= 0.3 is 0 Å². The Bertz CT molecular complexity index is 1540. The number of fused-ring (bicyclic) bond motifs is 2. The molecule has 2 aliphatic rings. The molecule has 14 heteroatoms. The Morgan fingerprint density at radius 2 is 1.65 bits per heavy atom. The molecule has 46 heavy (non-hydrogen) atoms. The van der Waals surface area contributed by atoms with Crippen molar-refractivity contribution in [3.8, 4) is 0 Å². The maximum absolute atomic E-state index is 13.9. The molecule has 0 radical (unpaired) electrons. The molecule has 13 nitrogen and oxygen atoms in total. The molecule has 2 aromatic rings. The quantitative estimate of drug-likeness (QED) is 0.240. The predicted molar refractivity (Wildman–Crippen MR) is 173 cm³/mol. The monoisotopic (exact) mass is 656 g/mol. The van der Waals surface area contributed by atoms with Gasteiger partial charge in [0, 0.05) is 31.5 Å². The van der Waals surface area contributed by atoms with Crippen LogP contribution in [0.1, 0.15) is 50.7 Å². The molecule has 0 unspecified atom stereocenters. The maximum atomic E-state index is 13.9. The number of carbonyl (C=O) groups excluding carboxylic acids is 4. The number of nitrogens with two attached hydrogens (primary N) is 2. The van der Waals surface area contributed by atoms with Gasteiger partial charge in [-0.15, -0.1) is 0 Å². The van der Waals surface area contributed by atoms with E-state index in [0.717, 1.165) is 11.1 Å². The first-order chi connectivity index (χ1) is 21.6. The molecule has 4 rings (SSSR count). The number of anilines is 1. The van der Waals surface area contributed by atoms with E-state index in [1.807, 2.05) is 54.6 Å². The molecule has 0 bridgehead atoms. The fourth-order valence-corrected chi connectivity index (χ4v) is 6.95. The summed E-state index contributed by atoms with van der Waals surface area (Å²) in [7, 11) is -3.49. The first-order valence-corrected chi connectivity index (χ1v) is 17.1. The van der Waals surface area contributed by atoms with E-state index >= 15 is 0 Å². The van der Waals surface area contributed by atoms with Crippen LogP contribution >= 0.6 is 0 Å². The number of carbonyl (C=O) groups is 4. The van der Waals surface area contributed by atoms with E-state index in [9.17, 15) is 27.6 Å². The number of rotatable bonds is 13. The van der Waals surface area contributed by atoms with Crippen LogP contribution in [0, 0.1) is 0 Å². The third kappa shape index (κ3) is 8.22. The zero-order valence-corrected chi connectivity index (χ0v) is 27.3. The molecular weight excluding hydrogens is 612 g/mol. The minimum Gasteiger partial charge on any atom is -0.374 e. The highest BCUT2D eigenvalue weighted by Crippen LogP contribution is 2.47. The van der Waals surface area contributed by atoms with Crippen LogP contribution in [0.3, 0.4) is 0 Å². The molecule has 1 fully saturated rings. The highest BCUT2D eigenvalue weighted by atomic mass is 32.2. The van der Waals surface area contributed by atoms with Gasteiger partial charge in [-0.2, -0.15) is 0 Å². The smallest absolute Gasteiger partial charge is 0.247 e. The van der Waals surface area contributed by atoms with Crippen LogP contribution in [-0.4, -0.2) is 87.1 Å². The van der Waals surface area contributed by atoms with Crippen LogP contribution in [-0.2, 0) is 46.0 Å². The van der Waals surface area contributed by atoms with Gasteiger partial charge in [-0.3, -0.25) is 23.5 Å². The van der Waals surface area contributed by atoms with E-state index in [-0.39, 0.29) is 32.0 Å². The number of nitrogens with zero attached hydrogens (tertiary/aromatic N) is 2. The van der Waals surface area contributed by atoms with Crippen molar-refractivity contribution in [1.82, 2.24) is 15.5 Å². The number of sulfonamides is 1. The molecule has 0 aliphatic carbocycles. The predicted octanol–water partition coefficient (Wildman–Crippen LogP) is 0.516. The van der Waals surface area contributed by atoms with Gasteiger partial charge < -0.3 is 31.7 Å². The van der Waals surface area contributed by atoms with Crippen molar-refractivity contribution in [3.63, 3.8) is 0 Å². The van der Waals surface area contributed by atoms with Crippen LogP contribution in [0.5, 0.6) is 0 Å². The van der Waals surface area contributed by atoms with Crippen molar-refractivity contribution in [3.05, 3.63) is 65.7 Å². The molecule has 1 spiro atoms. The summed E-state index contributed by atoms with van der Waals surface area (Å²) >= 11 is 0. The van der Waals surface area contributed by atoms with Gasteiger partial charge in [0.15, 0.2) is 0 Å². The van der Waals surface area contributed by atoms with Crippen molar-refractivity contribution in [2.75, 3.05) is 36.8 Å². The number of amides is 4. The summed E-state index contributed by atoms with van der Waals surface area (Å²) in [4.78, 5) is 52.8. The van der Waals surface area contributed by atoms with Crippen LogP contribution in [0.4, 0.5) is 5.69 Å². The highest BCUT2D eigenvalue weighted by Gasteiger charge is 2.48. The molecular formula is C32H44N6O7S. The van der Waals surface area contributed by atoms with Crippen LogP contribution in [0.15, 0.2) is 54.6 Å². The molecule has 2 aliphatic heterocycles.